The van der Waals surface area contributed by atoms with Gasteiger partial charge in [-0.1, -0.05) is 0 Å². The monoisotopic (exact) mass is 280 g/mol. The van der Waals surface area contributed by atoms with E-state index < -0.39 is 17.0 Å². The first-order valence-electron chi connectivity index (χ1n) is 5.86. The number of nitrogens with zero attached hydrogens (tertiary/aromatic N) is 2. The van der Waals surface area contributed by atoms with Gasteiger partial charge in [-0.25, -0.2) is 4.79 Å². The van der Waals surface area contributed by atoms with Gasteiger partial charge < -0.3 is 15.5 Å². The lowest BCUT2D eigenvalue weighted by molar-refractivity contribution is -0.384. The summed E-state index contributed by atoms with van der Waals surface area (Å²) in [4.78, 5) is 34.5. The van der Waals surface area contributed by atoms with Gasteiger partial charge in [-0.3, -0.25) is 14.9 Å². The molecule has 0 radical (unpaired) electrons. The molecule has 0 bridgehead atoms. The standard InChI is InChI=1S/C12H16N4O4/c1-8(11(17)13-2)15(3)12(18)14-9-4-6-10(7-5-9)16(19)20/h4-8H,1-3H3,(H,13,17)(H,14,18)/t8-/m1/s1. The molecule has 0 aromatic heterocycles. The third-order valence-electron chi connectivity index (χ3n) is 2.86. The molecule has 0 aliphatic carbocycles. The molecule has 8 heteroatoms. The Morgan fingerprint density at radius 3 is 2.30 bits per heavy atom. The van der Waals surface area contributed by atoms with Gasteiger partial charge in [0.2, 0.25) is 5.91 Å². The van der Waals surface area contributed by atoms with Crippen LogP contribution in [0.4, 0.5) is 16.2 Å². The summed E-state index contributed by atoms with van der Waals surface area (Å²) in [5.41, 5.74) is 0.353. The number of nitro groups is 1. The van der Waals surface area contributed by atoms with E-state index in [2.05, 4.69) is 10.6 Å². The molecule has 1 rings (SSSR count). The summed E-state index contributed by atoms with van der Waals surface area (Å²) in [6.45, 7) is 1.59. The van der Waals surface area contributed by atoms with Crippen LogP contribution in [0.15, 0.2) is 24.3 Å². The van der Waals surface area contributed by atoms with Crippen molar-refractivity contribution in [1.29, 1.82) is 0 Å². The van der Waals surface area contributed by atoms with Crippen molar-refractivity contribution in [3.63, 3.8) is 0 Å². The summed E-state index contributed by atoms with van der Waals surface area (Å²) < 4.78 is 0. The fourth-order valence-electron chi connectivity index (χ4n) is 1.44. The number of anilines is 1. The topological polar surface area (TPSA) is 105 Å². The van der Waals surface area contributed by atoms with Crippen LogP contribution in [0.3, 0.4) is 0 Å². The molecule has 2 N–H and O–H groups in total. The first-order chi connectivity index (χ1) is 9.36. The fourth-order valence-corrected chi connectivity index (χ4v) is 1.44. The number of hydrogen-bond acceptors (Lipinski definition) is 4. The van der Waals surface area contributed by atoms with Crippen molar-refractivity contribution < 1.29 is 14.5 Å². The molecule has 0 spiro atoms. The lowest BCUT2D eigenvalue weighted by atomic mass is 10.2. The van der Waals surface area contributed by atoms with E-state index >= 15 is 0 Å². The van der Waals surface area contributed by atoms with Crippen LogP contribution in [-0.2, 0) is 4.79 Å². The van der Waals surface area contributed by atoms with Gasteiger partial charge in [-0.15, -0.1) is 0 Å². The van der Waals surface area contributed by atoms with Gasteiger partial charge in [0.05, 0.1) is 4.92 Å². The first-order valence-corrected chi connectivity index (χ1v) is 5.86. The number of amides is 3. The smallest absolute Gasteiger partial charge is 0.322 e. The molecule has 1 aromatic rings. The number of urea groups is 1. The fraction of sp³-hybridized carbons (Fsp3) is 0.333. The van der Waals surface area contributed by atoms with E-state index in [4.69, 9.17) is 0 Å². The molecule has 108 valence electrons. The molecule has 0 saturated heterocycles. The number of hydrogen-bond donors (Lipinski definition) is 2. The normalized spacial score (nSPS) is 11.3. The average molecular weight is 280 g/mol. The summed E-state index contributed by atoms with van der Waals surface area (Å²) in [7, 11) is 2.97. The summed E-state index contributed by atoms with van der Waals surface area (Å²) in [5.74, 6) is -0.286. The number of carbonyl (C=O) groups excluding carboxylic acids is 2. The first kappa shape index (κ1) is 15.4. The third-order valence-corrected chi connectivity index (χ3v) is 2.86. The molecule has 0 fully saturated rings. The SMILES string of the molecule is CNC(=O)[C@@H](C)N(C)C(=O)Nc1ccc([N+](=O)[O-])cc1. The maximum absolute atomic E-state index is 11.9. The Hall–Kier alpha value is -2.64. The minimum atomic E-state index is -0.627. The number of non-ortho nitro benzene ring substituents is 1. The Morgan fingerprint density at radius 2 is 1.85 bits per heavy atom. The van der Waals surface area contributed by atoms with Crippen molar-refractivity contribution in [1.82, 2.24) is 10.2 Å². The van der Waals surface area contributed by atoms with Crippen LogP contribution in [-0.4, -0.2) is 41.9 Å². The van der Waals surface area contributed by atoms with Crippen LogP contribution in [0.2, 0.25) is 0 Å². The minimum Gasteiger partial charge on any atom is -0.357 e. The van der Waals surface area contributed by atoms with Gasteiger partial charge in [0.25, 0.3) is 5.69 Å². The highest BCUT2D eigenvalue weighted by Crippen LogP contribution is 2.15. The summed E-state index contributed by atoms with van der Waals surface area (Å²) in [5, 5.41) is 15.5. The van der Waals surface area contributed by atoms with Crippen molar-refractivity contribution in [3.8, 4) is 0 Å². The zero-order valence-corrected chi connectivity index (χ0v) is 11.4. The van der Waals surface area contributed by atoms with Crippen LogP contribution in [0.1, 0.15) is 6.92 Å². The second-order valence-corrected chi connectivity index (χ2v) is 4.14. The molecule has 8 nitrogen and oxygen atoms in total. The van der Waals surface area contributed by atoms with E-state index in [0.717, 1.165) is 0 Å². The lowest BCUT2D eigenvalue weighted by Gasteiger charge is -2.23. The summed E-state index contributed by atoms with van der Waals surface area (Å²) >= 11 is 0. The maximum atomic E-state index is 11.9. The van der Waals surface area contributed by atoms with Crippen LogP contribution < -0.4 is 10.6 Å². The van der Waals surface area contributed by atoms with Gasteiger partial charge in [0, 0.05) is 31.9 Å². The number of rotatable bonds is 4. The molecule has 1 atom stereocenters. The van der Waals surface area contributed by atoms with Gasteiger partial charge in [-0.05, 0) is 19.1 Å². The molecule has 0 heterocycles. The van der Waals surface area contributed by atoms with Crippen LogP contribution >= 0.6 is 0 Å². The lowest BCUT2D eigenvalue weighted by Crippen LogP contribution is -2.46. The minimum absolute atomic E-state index is 0.0601. The van der Waals surface area contributed by atoms with Crippen molar-refractivity contribution in [2.24, 2.45) is 0 Å². The van der Waals surface area contributed by atoms with E-state index in [9.17, 15) is 19.7 Å². The number of benzene rings is 1. The average Bonchev–Trinajstić information content (AvgIpc) is 2.45. The molecule has 0 unspecified atom stereocenters. The molecular weight excluding hydrogens is 264 g/mol. The Morgan fingerprint density at radius 1 is 1.30 bits per heavy atom. The summed E-state index contributed by atoms with van der Waals surface area (Å²) in [6.07, 6.45) is 0. The van der Waals surface area contributed by atoms with Crippen molar-refractivity contribution >= 4 is 23.3 Å². The van der Waals surface area contributed by atoms with Crippen molar-refractivity contribution in [2.75, 3.05) is 19.4 Å². The van der Waals surface area contributed by atoms with Gasteiger partial charge in [0.1, 0.15) is 6.04 Å². The molecule has 1 aromatic carbocycles. The van der Waals surface area contributed by atoms with E-state index in [1.165, 1.54) is 43.3 Å². The highest BCUT2D eigenvalue weighted by molar-refractivity contribution is 5.93. The molecule has 0 aliphatic heterocycles. The number of carbonyl (C=O) groups is 2. The maximum Gasteiger partial charge on any atom is 0.322 e. The van der Waals surface area contributed by atoms with Crippen molar-refractivity contribution in [3.05, 3.63) is 34.4 Å². The van der Waals surface area contributed by atoms with Crippen molar-refractivity contribution in [2.45, 2.75) is 13.0 Å². The molecule has 20 heavy (non-hydrogen) atoms. The largest absolute Gasteiger partial charge is 0.357 e. The zero-order valence-electron chi connectivity index (χ0n) is 11.4. The van der Waals surface area contributed by atoms with E-state index in [1.807, 2.05) is 0 Å². The number of nitro benzene ring substituents is 1. The van der Waals surface area contributed by atoms with Crippen LogP contribution in [0.25, 0.3) is 0 Å². The summed E-state index contributed by atoms with van der Waals surface area (Å²) in [6, 6.07) is 4.33. The number of nitrogens with one attached hydrogen (secondary N) is 2. The number of likely N-dealkylation sites (N-methyl/N-ethyl adjacent to an activating group) is 2. The quantitative estimate of drug-likeness (QED) is 0.638. The second kappa shape index (κ2) is 6.50. The zero-order chi connectivity index (χ0) is 15.3. The van der Waals surface area contributed by atoms with Gasteiger partial charge in [0.15, 0.2) is 0 Å². The molecule has 3 amide bonds. The van der Waals surface area contributed by atoms with E-state index in [0.29, 0.717) is 5.69 Å². The predicted molar refractivity (Wildman–Crippen MR) is 73.4 cm³/mol. The van der Waals surface area contributed by atoms with E-state index in [-0.39, 0.29) is 11.6 Å². The van der Waals surface area contributed by atoms with Crippen LogP contribution in [0, 0.1) is 10.1 Å². The Labute approximate surface area is 115 Å². The molecule has 0 aliphatic rings. The third kappa shape index (κ3) is 3.67. The second-order valence-electron chi connectivity index (χ2n) is 4.14. The Kier molecular flexibility index (Phi) is 5.01. The highest BCUT2D eigenvalue weighted by Gasteiger charge is 2.21. The van der Waals surface area contributed by atoms with Gasteiger partial charge >= 0.3 is 6.03 Å². The molecular formula is C12H16N4O4. The highest BCUT2D eigenvalue weighted by atomic mass is 16.6. The Balaban J connectivity index is 2.70. The van der Waals surface area contributed by atoms with Crippen LogP contribution in [0.5, 0.6) is 0 Å². The predicted octanol–water partition coefficient (Wildman–Crippen LogP) is 1.19. The Bertz CT molecular complexity index is 515. The molecule has 0 saturated carbocycles. The van der Waals surface area contributed by atoms with Gasteiger partial charge in [-0.2, -0.15) is 0 Å². The van der Waals surface area contributed by atoms with E-state index in [1.54, 1.807) is 6.92 Å².